The van der Waals surface area contributed by atoms with Gasteiger partial charge in [-0.05, 0) is 38.8 Å². The van der Waals surface area contributed by atoms with Crippen LogP contribution >= 0.6 is 0 Å². The van der Waals surface area contributed by atoms with E-state index in [0.717, 1.165) is 25.7 Å². The van der Waals surface area contributed by atoms with E-state index in [1.165, 1.54) is 0 Å². The third-order valence-electron chi connectivity index (χ3n) is 2.54. The second-order valence-corrected chi connectivity index (χ2v) is 4.42. The second-order valence-electron chi connectivity index (χ2n) is 4.42. The Bertz CT molecular complexity index is 244. The summed E-state index contributed by atoms with van der Waals surface area (Å²) in [5, 5.41) is 20.1. The molecule has 2 unspecified atom stereocenters. The van der Waals surface area contributed by atoms with Crippen LogP contribution in [0.25, 0.3) is 0 Å². The van der Waals surface area contributed by atoms with Gasteiger partial charge < -0.3 is 42.7 Å². The summed E-state index contributed by atoms with van der Waals surface area (Å²) >= 11 is 0. The number of aliphatic carboxylic acids is 2. The molecule has 125 valence electrons. The first-order valence-corrected chi connectivity index (χ1v) is 6.69. The minimum atomic E-state index is -1.18. The van der Waals surface area contributed by atoms with Gasteiger partial charge in [-0.1, -0.05) is 12.8 Å². The van der Waals surface area contributed by atoms with Gasteiger partial charge in [0.1, 0.15) is 0 Å². The molecule has 9 heteroatoms. The molecule has 0 rings (SSSR count). The predicted molar refractivity (Wildman–Crippen MR) is 71.8 cm³/mol. The minimum absolute atomic E-state index is 0. The summed E-state index contributed by atoms with van der Waals surface area (Å²) in [6.07, 6.45) is 4.07. The maximum atomic E-state index is 10.0. The summed E-state index contributed by atoms with van der Waals surface area (Å²) in [5.41, 5.74) is 20.7. The first-order chi connectivity index (χ1) is 9.36. The maximum Gasteiger partial charge on any atom is 2.00 e. The van der Waals surface area contributed by atoms with Crippen LogP contribution in [0, 0.1) is 0 Å². The van der Waals surface area contributed by atoms with Gasteiger partial charge in [-0.2, -0.15) is 0 Å². The molecule has 8 nitrogen and oxygen atoms in total. The summed E-state index contributed by atoms with van der Waals surface area (Å²) in [6, 6.07) is -1.65. The number of carbonyl (C=O) groups is 2. The normalized spacial score (nSPS) is 12.4. The van der Waals surface area contributed by atoms with Gasteiger partial charge in [0.2, 0.25) is 0 Å². The van der Waals surface area contributed by atoms with Crippen molar-refractivity contribution in [2.75, 3.05) is 13.1 Å². The molecular formula is C12H26MnN4O4. The van der Waals surface area contributed by atoms with Crippen molar-refractivity contribution in [1.82, 2.24) is 0 Å². The van der Waals surface area contributed by atoms with E-state index in [4.69, 9.17) is 22.9 Å². The average Bonchev–Trinajstić information content (AvgIpc) is 2.39. The quantitative estimate of drug-likeness (QED) is 0.231. The number of rotatable bonds is 10. The molecule has 0 aromatic heterocycles. The number of carbonyl (C=O) groups excluding carboxylic acids is 2. The Morgan fingerprint density at radius 1 is 0.762 bits per heavy atom. The molecule has 0 spiro atoms. The van der Waals surface area contributed by atoms with E-state index < -0.39 is 24.0 Å². The molecule has 1 radical (unpaired) electrons. The van der Waals surface area contributed by atoms with E-state index in [0.29, 0.717) is 25.9 Å². The number of nitrogens with two attached hydrogens (primary N) is 4. The van der Waals surface area contributed by atoms with Crippen LogP contribution in [0.3, 0.4) is 0 Å². The van der Waals surface area contributed by atoms with Gasteiger partial charge in [0.15, 0.2) is 0 Å². The number of hydrogen-bond donors (Lipinski definition) is 4. The van der Waals surface area contributed by atoms with Gasteiger partial charge in [-0.15, -0.1) is 0 Å². The molecule has 0 aliphatic carbocycles. The summed E-state index contributed by atoms with van der Waals surface area (Å²) < 4.78 is 0. The zero-order valence-electron chi connectivity index (χ0n) is 12.1. The Labute approximate surface area is 136 Å². The summed E-state index contributed by atoms with van der Waals surface area (Å²) in [6.45, 7) is 1.17. The Balaban J connectivity index is -0.000000295. The summed E-state index contributed by atoms with van der Waals surface area (Å²) in [4.78, 5) is 20.1. The molecule has 0 amide bonds. The van der Waals surface area contributed by atoms with Gasteiger partial charge in [0, 0.05) is 12.1 Å². The molecule has 0 saturated heterocycles. The van der Waals surface area contributed by atoms with Crippen molar-refractivity contribution in [1.29, 1.82) is 0 Å². The van der Waals surface area contributed by atoms with Crippen molar-refractivity contribution in [3.8, 4) is 0 Å². The molecule has 2 atom stereocenters. The molecule has 0 saturated carbocycles. The first kappa shape index (κ1) is 25.3. The van der Waals surface area contributed by atoms with Crippen LogP contribution in [0.15, 0.2) is 0 Å². The molecule has 0 aliphatic heterocycles. The van der Waals surface area contributed by atoms with Crippen molar-refractivity contribution in [2.45, 2.75) is 50.6 Å². The Morgan fingerprint density at radius 3 is 1.24 bits per heavy atom. The van der Waals surface area contributed by atoms with E-state index in [2.05, 4.69) is 0 Å². The van der Waals surface area contributed by atoms with E-state index in [1.807, 2.05) is 0 Å². The molecule has 0 aromatic carbocycles. The third-order valence-corrected chi connectivity index (χ3v) is 2.54. The van der Waals surface area contributed by atoms with Gasteiger partial charge in [0.05, 0.1) is 11.9 Å². The zero-order valence-corrected chi connectivity index (χ0v) is 13.3. The predicted octanol–water partition coefficient (Wildman–Crippen LogP) is -3.62. The fraction of sp³-hybridized carbons (Fsp3) is 0.833. The molecule has 0 aromatic rings. The van der Waals surface area contributed by atoms with Crippen molar-refractivity contribution in [2.24, 2.45) is 22.9 Å². The number of unbranched alkanes of at least 4 members (excludes halogenated alkanes) is 2. The van der Waals surface area contributed by atoms with Crippen LogP contribution in [0.2, 0.25) is 0 Å². The average molecular weight is 345 g/mol. The minimum Gasteiger partial charge on any atom is -0.548 e. The van der Waals surface area contributed by atoms with Crippen molar-refractivity contribution in [3.63, 3.8) is 0 Å². The maximum absolute atomic E-state index is 10.0. The molecule has 0 fully saturated rings. The number of carboxylic acids is 2. The van der Waals surface area contributed by atoms with Crippen LogP contribution in [0.1, 0.15) is 38.5 Å². The topological polar surface area (TPSA) is 184 Å². The largest absolute Gasteiger partial charge is 2.00 e. The summed E-state index contributed by atoms with van der Waals surface area (Å²) in [7, 11) is 0. The second kappa shape index (κ2) is 17.4. The van der Waals surface area contributed by atoms with Crippen LogP contribution < -0.4 is 33.1 Å². The molecule has 0 aliphatic rings. The first-order valence-electron chi connectivity index (χ1n) is 6.69. The molecule has 0 bridgehead atoms. The smallest absolute Gasteiger partial charge is 0.548 e. The Kier molecular flexibility index (Phi) is 20.9. The zero-order chi connectivity index (χ0) is 16.0. The molecule has 0 heterocycles. The van der Waals surface area contributed by atoms with E-state index >= 15 is 0 Å². The molecular weight excluding hydrogens is 319 g/mol. The van der Waals surface area contributed by atoms with Gasteiger partial charge in [-0.3, -0.25) is 0 Å². The Morgan fingerprint density at radius 2 is 1.05 bits per heavy atom. The van der Waals surface area contributed by atoms with Crippen molar-refractivity contribution >= 4 is 11.9 Å². The van der Waals surface area contributed by atoms with Gasteiger partial charge >= 0.3 is 17.1 Å². The van der Waals surface area contributed by atoms with E-state index in [-0.39, 0.29) is 17.1 Å². The molecule has 21 heavy (non-hydrogen) atoms. The SMILES string of the molecule is NCCCCC(N)C(=O)[O-].NCCCCC(N)C(=O)[O-].[Mn+2]. The fourth-order valence-electron chi connectivity index (χ4n) is 1.25. The van der Waals surface area contributed by atoms with Crippen LogP contribution in [-0.4, -0.2) is 37.1 Å². The van der Waals surface area contributed by atoms with Gasteiger partial charge in [-0.25, -0.2) is 0 Å². The van der Waals surface area contributed by atoms with Gasteiger partial charge in [0.25, 0.3) is 0 Å². The van der Waals surface area contributed by atoms with Crippen LogP contribution in [0.4, 0.5) is 0 Å². The molecule has 8 N–H and O–H groups in total. The van der Waals surface area contributed by atoms with Crippen LogP contribution in [0.5, 0.6) is 0 Å². The number of hydrogen-bond acceptors (Lipinski definition) is 8. The monoisotopic (exact) mass is 345 g/mol. The summed E-state index contributed by atoms with van der Waals surface area (Å²) in [5.74, 6) is -2.37. The van der Waals surface area contributed by atoms with Crippen molar-refractivity contribution < 1.29 is 36.9 Å². The van der Waals surface area contributed by atoms with Crippen molar-refractivity contribution in [3.05, 3.63) is 0 Å². The Hall–Kier alpha value is -0.701. The van der Waals surface area contributed by atoms with E-state index in [1.54, 1.807) is 0 Å². The standard InChI is InChI=1S/2C6H14N2O2.Mn/c2*7-4-2-1-3-5(8)6(9)10;/h2*5H,1-4,7-8H2,(H,9,10);/q;;+2/p-2. The third kappa shape index (κ3) is 19.3. The fourth-order valence-corrected chi connectivity index (χ4v) is 1.25. The van der Waals surface area contributed by atoms with Crippen LogP contribution in [-0.2, 0) is 26.7 Å². The number of carboxylic acid groups (broad SMARTS) is 2. The van der Waals surface area contributed by atoms with E-state index in [9.17, 15) is 19.8 Å².